The summed E-state index contributed by atoms with van der Waals surface area (Å²) in [6.45, 7) is 4.97. The fourth-order valence-electron chi connectivity index (χ4n) is 2.45. The van der Waals surface area contributed by atoms with Gasteiger partial charge in [-0.2, -0.15) is 0 Å². The Morgan fingerprint density at radius 3 is 2.67 bits per heavy atom. The SMILES string of the molecule is CC(Oc1ccc(Cl)cc1Cl)C(=O)Nc1ccc2c(c1)NC(=O)C(C)(C)O2. The van der Waals surface area contributed by atoms with Crippen LogP contribution in [-0.4, -0.2) is 23.5 Å². The molecule has 2 aromatic carbocycles. The number of hydrogen-bond donors (Lipinski definition) is 2. The van der Waals surface area contributed by atoms with Crippen molar-refractivity contribution in [3.05, 3.63) is 46.4 Å². The van der Waals surface area contributed by atoms with Crippen LogP contribution in [0.1, 0.15) is 20.8 Å². The van der Waals surface area contributed by atoms with Crippen molar-refractivity contribution in [2.45, 2.75) is 32.5 Å². The van der Waals surface area contributed by atoms with E-state index in [-0.39, 0.29) is 11.8 Å². The van der Waals surface area contributed by atoms with Gasteiger partial charge in [-0.3, -0.25) is 9.59 Å². The van der Waals surface area contributed by atoms with Crippen LogP contribution in [0.25, 0.3) is 0 Å². The van der Waals surface area contributed by atoms with E-state index in [2.05, 4.69) is 10.6 Å². The fraction of sp³-hybridized carbons (Fsp3) is 0.263. The fourth-order valence-corrected chi connectivity index (χ4v) is 2.90. The molecule has 2 N–H and O–H groups in total. The number of carbonyl (C=O) groups excluding carboxylic acids is 2. The van der Waals surface area contributed by atoms with Gasteiger partial charge in [-0.15, -0.1) is 0 Å². The summed E-state index contributed by atoms with van der Waals surface area (Å²) < 4.78 is 11.3. The lowest BCUT2D eigenvalue weighted by Gasteiger charge is -2.31. The summed E-state index contributed by atoms with van der Waals surface area (Å²) in [4.78, 5) is 24.4. The zero-order chi connectivity index (χ0) is 19.8. The van der Waals surface area contributed by atoms with Crippen LogP contribution in [0.5, 0.6) is 11.5 Å². The molecule has 27 heavy (non-hydrogen) atoms. The molecule has 0 aromatic heterocycles. The van der Waals surface area contributed by atoms with Crippen LogP contribution in [0.3, 0.4) is 0 Å². The summed E-state index contributed by atoms with van der Waals surface area (Å²) in [5, 5.41) is 6.30. The van der Waals surface area contributed by atoms with Gasteiger partial charge in [-0.1, -0.05) is 23.2 Å². The lowest BCUT2D eigenvalue weighted by molar-refractivity contribution is -0.129. The molecule has 0 fully saturated rings. The number of halogens is 2. The first-order valence-electron chi connectivity index (χ1n) is 8.23. The van der Waals surface area contributed by atoms with Crippen LogP contribution in [0.4, 0.5) is 11.4 Å². The summed E-state index contributed by atoms with van der Waals surface area (Å²) in [6.07, 6.45) is -0.801. The summed E-state index contributed by atoms with van der Waals surface area (Å²) in [5.41, 5.74) is 0.0456. The number of rotatable bonds is 4. The monoisotopic (exact) mass is 408 g/mol. The van der Waals surface area contributed by atoms with Gasteiger partial charge in [-0.25, -0.2) is 0 Å². The van der Waals surface area contributed by atoms with E-state index in [0.717, 1.165) is 0 Å². The summed E-state index contributed by atoms with van der Waals surface area (Å²) in [5.74, 6) is 0.267. The summed E-state index contributed by atoms with van der Waals surface area (Å²) >= 11 is 11.9. The van der Waals surface area contributed by atoms with Gasteiger partial charge in [0.05, 0.1) is 10.7 Å². The zero-order valence-electron chi connectivity index (χ0n) is 14.9. The number of benzene rings is 2. The molecular formula is C19H18Cl2N2O4. The third-order valence-electron chi connectivity index (χ3n) is 3.97. The molecule has 6 nitrogen and oxygen atoms in total. The lowest BCUT2D eigenvalue weighted by Crippen LogP contribution is -2.45. The average Bonchev–Trinajstić information content (AvgIpc) is 2.58. The zero-order valence-corrected chi connectivity index (χ0v) is 16.4. The Bertz CT molecular complexity index is 915. The largest absolute Gasteiger partial charge is 0.479 e. The minimum Gasteiger partial charge on any atom is -0.479 e. The maximum atomic E-state index is 12.4. The van der Waals surface area contributed by atoms with E-state index in [1.807, 2.05) is 0 Å². The van der Waals surface area contributed by atoms with Crippen molar-refractivity contribution in [3.63, 3.8) is 0 Å². The van der Waals surface area contributed by atoms with Gasteiger partial charge >= 0.3 is 0 Å². The van der Waals surface area contributed by atoms with Crippen molar-refractivity contribution >= 4 is 46.4 Å². The van der Waals surface area contributed by atoms with Crippen molar-refractivity contribution in [1.82, 2.24) is 0 Å². The Morgan fingerprint density at radius 2 is 1.96 bits per heavy atom. The van der Waals surface area contributed by atoms with Crippen LogP contribution >= 0.6 is 23.2 Å². The van der Waals surface area contributed by atoms with Crippen molar-refractivity contribution in [2.24, 2.45) is 0 Å². The van der Waals surface area contributed by atoms with Gasteiger partial charge in [0, 0.05) is 10.7 Å². The Morgan fingerprint density at radius 1 is 1.22 bits per heavy atom. The molecule has 1 unspecified atom stereocenters. The molecule has 1 heterocycles. The Balaban J connectivity index is 1.69. The average molecular weight is 409 g/mol. The van der Waals surface area contributed by atoms with E-state index < -0.39 is 11.7 Å². The van der Waals surface area contributed by atoms with Gasteiger partial charge in [0.15, 0.2) is 11.7 Å². The molecule has 2 aromatic rings. The number of ether oxygens (including phenoxy) is 2. The number of hydrogen-bond acceptors (Lipinski definition) is 4. The minimum absolute atomic E-state index is 0.257. The summed E-state index contributed by atoms with van der Waals surface area (Å²) in [7, 11) is 0. The predicted molar refractivity (Wildman–Crippen MR) is 105 cm³/mol. The Kier molecular flexibility index (Phi) is 5.22. The second kappa shape index (κ2) is 7.29. The van der Waals surface area contributed by atoms with E-state index in [4.69, 9.17) is 32.7 Å². The van der Waals surface area contributed by atoms with Crippen molar-refractivity contribution < 1.29 is 19.1 Å². The van der Waals surface area contributed by atoms with Crippen molar-refractivity contribution in [1.29, 1.82) is 0 Å². The molecule has 1 atom stereocenters. The number of fused-ring (bicyclic) bond motifs is 1. The first kappa shape index (κ1) is 19.3. The molecule has 1 aliphatic heterocycles. The quantitative estimate of drug-likeness (QED) is 0.779. The first-order valence-corrected chi connectivity index (χ1v) is 8.98. The molecule has 0 spiro atoms. The van der Waals surface area contributed by atoms with E-state index >= 15 is 0 Å². The maximum Gasteiger partial charge on any atom is 0.268 e. The number of nitrogens with one attached hydrogen (secondary N) is 2. The molecule has 8 heteroatoms. The highest BCUT2D eigenvalue weighted by atomic mass is 35.5. The maximum absolute atomic E-state index is 12.4. The molecule has 2 amide bonds. The molecule has 3 rings (SSSR count). The molecule has 0 radical (unpaired) electrons. The number of carbonyl (C=O) groups is 2. The van der Waals surface area contributed by atoms with Crippen LogP contribution in [0.15, 0.2) is 36.4 Å². The molecule has 0 saturated heterocycles. The third kappa shape index (κ3) is 4.28. The van der Waals surface area contributed by atoms with Gasteiger partial charge < -0.3 is 20.1 Å². The lowest BCUT2D eigenvalue weighted by atomic mass is 10.1. The number of anilines is 2. The smallest absolute Gasteiger partial charge is 0.268 e. The Labute approximate surface area is 166 Å². The number of amides is 2. The van der Waals surface area contributed by atoms with Gasteiger partial charge in [-0.05, 0) is 57.2 Å². The molecular weight excluding hydrogens is 391 g/mol. The normalized spacial score (nSPS) is 15.8. The second-order valence-electron chi connectivity index (χ2n) is 6.60. The van der Waals surface area contributed by atoms with Crippen LogP contribution < -0.4 is 20.1 Å². The standard InChI is InChI=1S/C19H18Cl2N2O4/c1-10(26-15-6-4-11(20)8-13(15)21)17(24)22-12-5-7-16-14(9-12)23-18(25)19(2,3)27-16/h4-10H,1-3H3,(H,22,24)(H,23,25). The Hall–Kier alpha value is -2.44. The van der Waals surface area contributed by atoms with Gasteiger partial charge in [0.1, 0.15) is 11.5 Å². The van der Waals surface area contributed by atoms with E-state index in [1.165, 1.54) is 6.07 Å². The molecule has 0 bridgehead atoms. The highest BCUT2D eigenvalue weighted by molar-refractivity contribution is 6.35. The molecule has 142 valence electrons. The van der Waals surface area contributed by atoms with Crippen LogP contribution in [0, 0.1) is 0 Å². The van der Waals surface area contributed by atoms with Crippen LogP contribution in [0.2, 0.25) is 10.0 Å². The van der Waals surface area contributed by atoms with Crippen LogP contribution in [-0.2, 0) is 9.59 Å². The van der Waals surface area contributed by atoms with E-state index in [1.54, 1.807) is 51.1 Å². The molecule has 0 aliphatic carbocycles. The molecule has 0 saturated carbocycles. The second-order valence-corrected chi connectivity index (χ2v) is 7.45. The minimum atomic E-state index is -0.946. The van der Waals surface area contributed by atoms with Crippen molar-refractivity contribution in [2.75, 3.05) is 10.6 Å². The highest BCUT2D eigenvalue weighted by Crippen LogP contribution is 2.35. The third-order valence-corrected chi connectivity index (χ3v) is 4.50. The van der Waals surface area contributed by atoms with Gasteiger partial charge in [0.25, 0.3) is 11.8 Å². The molecule has 1 aliphatic rings. The van der Waals surface area contributed by atoms with E-state index in [9.17, 15) is 9.59 Å². The van der Waals surface area contributed by atoms with Gasteiger partial charge in [0.2, 0.25) is 0 Å². The topological polar surface area (TPSA) is 76.7 Å². The summed E-state index contributed by atoms with van der Waals surface area (Å²) in [6, 6.07) is 9.77. The predicted octanol–water partition coefficient (Wildman–Crippen LogP) is 4.51. The highest BCUT2D eigenvalue weighted by Gasteiger charge is 2.35. The van der Waals surface area contributed by atoms with E-state index in [0.29, 0.717) is 32.9 Å². The first-order chi connectivity index (χ1) is 12.7. The van der Waals surface area contributed by atoms with Crippen molar-refractivity contribution in [3.8, 4) is 11.5 Å².